The molecule has 2 radical (unpaired) electrons. The molecule has 1 N–H and O–H groups in total. The Kier molecular flexibility index (Phi) is 5.64. The van der Waals surface area contributed by atoms with Crippen LogP contribution in [0.1, 0.15) is 5.56 Å². The van der Waals surface area contributed by atoms with E-state index in [0.29, 0.717) is 6.42 Å². The van der Waals surface area contributed by atoms with Crippen LogP contribution in [0.3, 0.4) is 0 Å². The van der Waals surface area contributed by atoms with Crippen molar-refractivity contribution in [3.05, 3.63) is 35.9 Å². The van der Waals surface area contributed by atoms with Gasteiger partial charge in [-0.15, -0.1) is 0 Å². The summed E-state index contributed by atoms with van der Waals surface area (Å²) in [4.78, 5) is 15.5. The topological polar surface area (TPSA) is 74.9 Å². The Bertz CT molecular complexity index is 395. The monoisotopic (exact) mass is 229 g/mol. The van der Waals surface area contributed by atoms with E-state index in [1.807, 2.05) is 30.3 Å². The highest BCUT2D eigenvalue weighted by atomic mass is 16.4. The van der Waals surface area contributed by atoms with Crippen LogP contribution in [0.25, 0.3) is 0 Å². The Morgan fingerprint density at radius 3 is 2.76 bits per heavy atom. The first-order valence-corrected chi connectivity index (χ1v) is 5.05. The molecule has 17 heavy (non-hydrogen) atoms. The molecule has 0 saturated heterocycles. The van der Waals surface area contributed by atoms with E-state index in [2.05, 4.69) is 14.8 Å². The average molecular weight is 229 g/mol. The quantitative estimate of drug-likeness (QED) is 0.331. The van der Waals surface area contributed by atoms with Gasteiger partial charge in [0.05, 0.1) is 0 Å². The number of aliphatic imine (C=N–C) groups is 1. The molecule has 5 nitrogen and oxygen atoms in total. The lowest BCUT2D eigenvalue weighted by molar-refractivity contribution is -0.118. The van der Waals surface area contributed by atoms with Crippen LogP contribution in [0.15, 0.2) is 40.4 Å². The highest BCUT2D eigenvalue weighted by Gasteiger charge is 2.16. The minimum Gasteiger partial charge on any atom is -0.560 e. The van der Waals surface area contributed by atoms with E-state index in [0.717, 1.165) is 12.0 Å². The smallest absolute Gasteiger partial charge is 0.375 e. The maximum Gasteiger partial charge on any atom is 0.375 e. The summed E-state index contributed by atoms with van der Waals surface area (Å²) in [5.41, 5.74) is 7.66. The molecule has 0 aromatic heterocycles. The number of benzene rings is 1. The summed E-state index contributed by atoms with van der Waals surface area (Å²) in [5.74, 6) is -0.239. The van der Waals surface area contributed by atoms with Crippen molar-refractivity contribution in [1.29, 1.82) is 5.53 Å². The van der Waals surface area contributed by atoms with Gasteiger partial charge in [0.15, 0.2) is 12.2 Å². The highest BCUT2D eigenvalue weighted by molar-refractivity contribution is 6.02. The number of carbonyl (C=O) groups is 1. The summed E-state index contributed by atoms with van der Waals surface area (Å²) >= 11 is 0. The Morgan fingerprint density at radius 2 is 2.18 bits per heavy atom. The largest absolute Gasteiger partial charge is 0.560 e. The minimum atomic E-state index is -0.616. The van der Waals surface area contributed by atoms with Gasteiger partial charge in [0.1, 0.15) is 12.6 Å². The Morgan fingerprint density at radius 1 is 1.47 bits per heavy atom. The molecule has 1 aromatic rings. The van der Waals surface area contributed by atoms with Gasteiger partial charge in [-0.05, 0) is 5.56 Å². The standard InChI is InChI=1S/C11H12BN3O2/c12-17-8-14-10(11(16)7-15-13)6-9-4-2-1-3-5-9/h1-5,8,10,13H,6-7H2/t10-/m0/s1. The van der Waals surface area contributed by atoms with Crippen LogP contribution in [0, 0.1) is 5.53 Å². The van der Waals surface area contributed by atoms with Crippen LogP contribution in [0.5, 0.6) is 0 Å². The molecule has 0 heterocycles. The zero-order valence-corrected chi connectivity index (χ0v) is 9.24. The Labute approximate surface area is 101 Å². The van der Waals surface area contributed by atoms with E-state index >= 15 is 0 Å². The van der Waals surface area contributed by atoms with Gasteiger partial charge in [-0.1, -0.05) is 30.3 Å². The molecule has 0 aliphatic carbocycles. The first-order chi connectivity index (χ1) is 8.27. The fraction of sp³-hybridized carbons (Fsp3) is 0.273. The van der Waals surface area contributed by atoms with Gasteiger partial charge >= 0.3 is 8.05 Å². The van der Waals surface area contributed by atoms with E-state index in [4.69, 9.17) is 13.6 Å². The summed E-state index contributed by atoms with van der Waals surface area (Å²) in [6.07, 6.45) is 1.46. The lowest BCUT2D eigenvalue weighted by Gasteiger charge is -2.09. The first-order valence-electron chi connectivity index (χ1n) is 5.05. The van der Waals surface area contributed by atoms with E-state index in [-0.39, 0.29) is 12.3 Å². The van der Waals surface area contributed by atoms with Gasteiger partial charge in [0.25, 0.3) is 0 Å². The number of Topliss-reactive ketones (excluding diaryl/α,β-unsaturated/α-hetero) is 1. The molecule has 0 spiro atoms. The second kappa shape index (κ2) is 7.32. The van der Waals surface area contributed by atoms with Crippen LogP contribution in [0.2, 0.25) is 0 Å². The third kappa shape index (κ3) is 4.59. The lowest BCUT2D eigenvalue weighted by Crippen LogP contribution is -2.24. The van der Waals surface area contributed by atoms with Crippen LogP contribution >= 0.6 is 0 Å². The molecular weight excluding hydrogens is 217 g/mol. The molecule has 0 saturated carbocycles. The predicted molar refractivity (Wildman–Crippen MR) is 64.3 cm³/mol. The molecule has 1 aromatic carbocycles. The van der Waals surface area contributed by atoms with Gasteiger partial charge < -0.3 is 4.65 Å². The third-order valence-corrected chi connectivity index (χ3v) is 2.18. The van der Waals surface area contributed by atoms with Gasteiger partial charge in [-0.3, -0.25) is 4.79 Å². The van der Waals surface area contributed by atoms with Crippen molar-refractivity contribution in [2.75, 3.05) is 6.54 Å². The van der Waals surface area contributed by atoms with Crippen molar-refractivity contribution in [1.82, 2.24) is 0 Å². The number of hydrogen-bond acceptors (Lipinski definition) is 5. The average Bonchev–Trinajstić information content (AvgIpc) is 2.36. The van der Waals surface area contributed by atoms with Gasteiger partial charge in [-0.2, -0.15) is 5.11 Å². The molecule has 0 fully saturated rings. The summed E-state index contributed by atoms with van der Waals surface area (Å²) in [6, 6.07) is 8.85. The van der Waals surface area contributed by atoms with E-state index < -0.39 is 6.04 Å². The zero-order valence-electron chi connectivity index (χ0n) is 9.24. The fourth-order valence-corrected chi connectivity index (χ4v) is 1.38. The number of carbonyl (C=O) groups excluding carboxylic acids is 1. The number of ketones is 1. The molecule has 0 amide bonds. The van der Waals surface area contributed by atoms with Crippen molar-refractivity contribution >= 4 is 20.2 Å². The second-order valence-corrected chi connectivity index (χ2v) is 3.38. The molecule has 1 atom stereocenters. The van der Waals surface area contributed by atoms with Crippen molar-refractivity contribution in [3.63, 3.8) is 0 Å². The minimum absolute atomic E-state index is 0.181. The zero-order chi connectivity index (χ0) is 12.5. The highest BCUT2D eigenvalue weighted by Crippen LogP contribution is 2.07. The molecule has 1 rings (SSSR count). The molecule has 0 aliphatic rings. The second-order valence-electron chi connectivity index (χ2n) is 3.38. The van der Waals surface area contributed by atoms with Crippen LogP contribution in [-0.2, 0) is 15.9 Å². The van der Waals surface area contributed by atoms with Crippen molar-refractivity contribution in [2.24, 2.45) is 10.1 Å². The van der Waals surface area contributed by atoms with Crippen molar-refractivity contribution in [3.8, 4) is 0 Å². The number of nitrogens with one attached hydrogen (secondary N) is 1. The summed E-state index contributed by atoms with van der Waals surface area (Å²) in [5, 5.41) is 3.06. The summed E-state index contributed by atoms with van der Waals surface area (Å²) in [6.45, 7) is -0.181. The van der Waals surface area contributed by atoms with Gasteiger partial charge in [0, 0.05) is 6.42 Å². The maximum absolute atomic E-state index is 11.6. The molecule has 0 bridgehead atoms. The molecule has 0 unspecified atom stereocenters. The number of nitrogens with zero attached hydrogens (tertiary/aromatic N) is 2. The Hall–Kier alpha value is -1.98. The molecule has 86 valence electrons. The maximum atomic E-state index is 11.6. The first kappa shape index (κ1) is 13.1. The van der Waals surface area contributed by atoms with Crippen LogP contribution < -0.4 is 0 Å². The molecular formula is C11H12BN3O2. The lowest BCUT2D eigenvalue weighted by atomic mass is 10.0. The Balaban J connectivity index is 2.73. The predicted octanol–water partition coefficient (Wildman–Crippen LogP) is 1.33. The van der Waals surface area contributed by atoms with Crippen molar-refractivity contribution in [2.45, 2.75) is 12.5 Å². The number of hydrogen-bond donors (Lipinski definition) is 1. The van der Waals surface area contributed by atoms with E-state index in [1.54, 1.807) is 0 Å². The SMILES string of the molecule is [B]OC=N[C@@H](Cc1ccccc1)C(=O)CN=N. The van der Waals surface area contributed by atoms with Gasteiger partial charge in [0.2, 0.25) is 0 Å². The summed E-state index contributed by atoms with van der Waals surface area (Å²) in [7, 11) is 4.82. The summed E-state index contributed by atoms with van der Waals surface area (Å²) < 4.78 is 4.22. The molecule has 0 aliphatic heterocycles. The van der Waals surface area contributed by atoms with E-state index in [1.165, 1.54) is 0 Å². The van der Waals surface area contributed by atoms with Crippen molar-refractivity contribution < 1.29 is 9.45 Å². The van der Waals surface area contributed by atoms with Crippen LogP contribution in [0.4, 0.5) is 0 Å². The number of rotatable bonds is 7. The third-order valence-electron chi connectivity index (χ3n) is 2.18. The molecule has 6 heteroatoms. The normalized spacial score (nSPS) is 12.2. The fourth-order valence-electron chi connectivity index (χ4n) is 1.38. The van der Waals surface area contributed by atoms with Crippen LogP contribution in [-0.4, -0.2) is 32.8 Å². The van der Waals surface area contributed by atoms with Gasteiger partial charge in [-0.25, -0.2) is 10.5 Å². The van der Waals surface area contributed by atoms with E-state index in [9.17, 15) is 4.79 Å².